The van der Waals surface area contributed by atoms with Crippen LogP contribution in [0.2, 0.25) is 0 Å². The zero-order valence-corrected chi connectivity index (χ0v) is 17.7. The van der Waals surface area contributed by atoms with Crippen LogP contribution in [0.15, 0.2) is 12.2 Å². The van der Waals surface area contributed by atoms with E-state index in [4.69, 9.17) is 14.2 Å². The Bertz CT molecular complexity index is 813. The molecule has 0 aromatic rings. The Kier molecular flexibility index (Phi) is 3.23. The molecule has 158 valence electrons. The number of fused-ring (bicyclic) bond motifs is 4. The van der Waals surface area contributed by atoms with Gasteiger partial charge in [-0.3, -0.25) is 4.79 Å². The molecule has 5 nitrogen and oxygen atoms in total. The fourth-order valence-corrected chi connectivity index (χ4v) is 10.0. The van der Waals surface area contributed by atoms with Gasteiger partial charge >= 0.3 is 5.97 Å². The number of ether oxygens (including phenoxy) is 3. The van der Waals surface area contributed by atoms with Crippen molar-refractivity contribution < 1.29 is 19.0 Å². The van der Waals surface area contributed by atoms with Gasteiger partial charge in [0.25, 0.3) is 0 Å². The predicted molar refractivity (Wildman–Crippen MR) is 106 cm³/mol. The van der Waals surface area contributed by atoms with E-state index in [9.17, 15) is 4.79 Å². The fraction of sp³-hybridized carbons (Fsp3) is 0.875. The van der Waals surface area contributed by atoms with Crippen molar-refractivity contribution in [1.29, 1.82) is 0 Å². The van der Waals surface area contributed by atoms with E-state index in [1.54, 1.807) is 6.92 Å². The van der Waals surface area contributed by atoms with Crippen LogP contribution in [0, 0.1) is 34.0 Å². The Morgan fingerprint density at radius 1 is 1.17 bits per heavy atom. The molecule has 9 rings (SSSR count). The smallest absolute Gasteiger partial charge is 0.303 e. The molecule has 0 aromatic carbocycles. The summed E-state index contributed by atoms with van der Waals surface area (Å²) >= 11 is 0. The lowest BCUT2D eigenvalue weighted by atomic mass is 9.32. The standard InChI is InChI=1S/C24H33NO4/c1-13-15-5-8-24(19(13)28-14(2)26)17(11-15)23-7-4-6-22(3)16(23)12-18(24)29-21(23)25-9-10-27-20(22)25/h15-21H,1,4-12H2,2-3H3/t15-,16-,17+,18+,19+,20-,21-,22-,23+,24-/m1/s1. The minimum absolute atomic E-state index is 0.0594. The van der Waals surface area contributed by atoms with Gasteiger partial charge in [-0.2, -0.15) is 0 Å². The van der Waals surface area contributed by atoms with Crippen molar-refractivity contribution >= 4 is 5.97 Å². The predicted octanol–water partition coefficient (Wildman–Crippen LogP) is 3.48. The molecule has 0 N–H and O–H groups in total. The summed E-state index contributed by atoms with van der Waals surface area (Å²) in [6.07, 6.45) is 8.86. The lowest BCUT2D eigenvalue weighted by Gasteiger charge is -2.80. The van der Waals surface area contributed by atoms with Gasteiger partial charge in [0.2, 0.25) is 0 Å². The molecule has 7 bridgehead atoms. The maximum atomic E-state index is 12.1. The van der Waals surface area contributed by atoms with E-state index in [1.807, 2.05) is 0 Å². The molecule has 10 atom stereocenters. The monoisotopic (exact) mass is 399 g/mol. The van der Waals surface area contributed by atoms with Gasteiger partial charge in [-0.15, -0.1) is 0 Å². The third-order valence-corrected chi connectivity index (χ3v) is 10.7. The highest BCUT2D eigenvalue weighted by atomic mass is 16.6. The molecule has 0 amide bonds. The molecule has 0 radical (unpaired) electrons. The highest BCUT2D eigenvalue weighted by Gasteiger charge is 2.81. The quantitative estimate of drug-likeness (QED) is 0.499. The van der Waals surface area contributed by atoms with Crippen LogP contribution in [0.25, 0.3) is 0 Å². The molecular weight excluding hydrogens is 366 g/mol. The minimum Gasteiger partial charge on any atom is -0.457 e. The summed E-state index contributed by atoms with van der Waals surface area (Å²) < 4.78 is 19.5. The average molecular weight is 400 g/mol. The molecule has 0 unspecified atom stereocenters. The second-order valence-electron chi connectivity index (χ2n) is 11.4. The molecule has 4 aliphatic heterocycles. The molecule has 5 aliphatic carbocycles. The molecule has 9 aliphatic rings. The van der Waals surface area contributed by atoms with E-state index in [0.717, 1.165) is 26.0 Å². The van der Waals surface area contributed by atoms with Crippen molar-refractivity contribution in [3.63, 3.8) is 0 Å². The fourth-order valence-electron chi connectivity index (χ4n) is 10.0. The molecule has 5 saturated carbocycles. The van der Waals surface area contributed by atoms with E-state index >= 15 is 0 Å². The van der Waals surface area contributed by atoms with Gasteiger partial charge in [-0.05, 0) is 61.9 Å². The van der Waals surface area contributed by atoms with E-state index in [0.29, 0.717) is 17.8 Å². The summed E-state index contributed by atoms with van der Waals surface area (Å²) in [6.45, 7) is 10.3. The van der Waals surface area contributed by atoms with Crippen LogP contribution in [-0.4, -0.2) is 48.7 Å². The average Bonchev–Trinajstić information content (AvgIpc) is 3.19. The molecule has 4 heterocycles. The van der Waals surface area contributed by atoms with Gasteiger partial charge in [0.1, 0.15) is 18.6 Å². The van der Waals surface area contributed by atoms with Crippen molar-refractivity contribution in [2.45, 2.75) is 83.5 Å². The van der Waals surface area contributed by atoms with Gasteiger partial charge in [0.15, 0.2) is 0 Å². The summed E-state index contributed by atoms with van der Waals surface area (Å²) in [5.74, 6) is 1.57. The number of hydrogen-bond acceptors (Lipinski definition) is 5. The Morgan fingerprint density at radius 3 is 2.86 bits per heavy atom. The Hall–Kier alpha value is -0.910. The van der Waals surface area contributed by atoms with E-state index in [1.165, 1.54) is 37.7 Å². The maximum absolute atomic E-state index is 12.1. The lowest BCUT2D eigenvalue weighted by Crippen LogP contribution is -2.83. The van der Waals surface area contributed by atoms with Gasteiger partial charge in [0.05, 0.1) is 12.7 Å². The normalized spacial score (nSPS) is 59.4. The summed E-state index contributed by atoms with van der Waals surface area (Å²) in [6, 6.07) is 0. The summed E-state index contributed by atoms with van der Waals surface area (Å²) in [5, 5.41) is 0. The number of carbonyl (C=O) groups excluding carboxylic acids is 1. The first-order valence-electron chi connectivity index (χ1n) is 11.8. The topological polar surface area (TPSA) is 48.0 Å². The number of nitrogens with zero attached hydrogens (tertiary/aromatic N) is 1. The van der Waals surface area contributed by atoms with Crippen molar-refractivity contribution in [3.05, 3.63) is 12.2 Å². The lowest BCUT2D eigenvalue weighted by molar-refractivity contribution is -0.422. The van der Waals surface area contributed by atoms with Gasteiger partial charge in [-0.25, -0.2) is 4.90 Å². The second-order valence-corrected chi connectivity index (χ2v) is 11.4. The molecule has 0 aromatic heterocycles. The largest absolute Gasteiger partial charge is 0.457 e. The molecule has 29 heavy (non-hydrogen) atoms. The van der Waals surface area contributed by atoms with Crippen LogP contribution in [0.4, 0.5) is 0 Å². The Morgan fingerprint density at radius 2 is 2.03 bits per heavy atom. The van der Waals surface area contributed by atoms with Crippen LogP contribution in [0.1, 0.15) is 58.8 Å². The van der Waals surface area contributed by atoms with Crippen LogP contribution in [-0.2, 0) is 19.0 Å². The number of esters is 1. The van der Waals surface area contributed by atoms with Crippen molar-refractivity contribution in [1.82, 2.24) is 4.90 Å². The van der Waals surface area contributed by atoms with Crippen LogP contribution >= 0.6 is 0 Å². The van der Waals surface area contributed by atoms with Gasteiger partial charge in [0, 0.05) is 29.7 Å². The van der Waals surface area contributed by atoms with Crippen molar-refractivity contribution in [3.8, 4) is 0 Å². The summed E-state index contributed by atoms with van der Waals surface area (Å²) in [5.41, 5.74) is 1.51. The molecule has 4 saturated heterocycles. The summed E-state index contributed by atoms with van der Waals surface area (Å²) in [7, 11) is 0. The first-order valence-corrected chi connectivity index (χ1v) is 11.8. The minimum atomic E-state index is -0.169. The highest BCUT2D eigenvalue weighted by Crippen LogP contribution is 2.79. The van der Waals surface area contributed by atoms with E-state index < -0.39 is 0 Å². The molecule has 5 heteroatoms. The highest BCUT2D eigenvalue weighted by molar-refractivity contribution is 5.67. The third kappa shape index (κ3) is 1.74. The second kappa shape index (κ2) is 5.28. The van der Waals surface area contributed by atoms with Crippen LogP contribution in [0.5, 0.6) is 0 Å². The number of hydrogen-bond donors (Lipinski definition) is 0. The molecular formula is C24H33NO4. The van der Waals surface area contributed by atoms with Crippen molar-refractivity contribution in [2.75, 3.05) is 13.2 Å². The molecule has 9 fully saturated rings. The zero-order valence-electron chi connectivity index (χ0n) is 17.7. The van der Waals surface area contributed by atoms with Crippen molar-refractivity contribution in [2.24, 2.45) is 34.0 Å². The SMILES string of the molecule is C=C1[C@@H]2CC[C@]3([C@@H](C2)[C@]24CCC[C@]5(C)[C@H]2C[C@@H]3O[C@H]4N2CCO[C@@H]25)[C@H]1OC(C)=O. The Labute approximate surface area is 173 Å². The van der Waals surface area contributed by atoms with Gasteiger partial charge in [-0.1, -0.05) is 19.9 Å². The molecule has 2 spiro atoms. The Balaban J connectivity index is 1.42. The van der Waals surface area contributed by atoms with E-state index in [2.05, 4.69) is 18.4 Å². The number of piperidine rings is 1. The third-order valence-electron chi connectivity index (χ3n) is 10.7. The number of carbonyl (C=O) groups is 1. The maximum Gasteiger partial charge on any atom is 0.303 e. The number of rotatable bonds is 1. The first-order chi connectivity index (χ1) is 13.9. The van der Waals surface area contributed by atoms with Crippen LogP contribution in [0.3, 0.4) is 0 Å². The van der Waals surface area contributed by atoms with Crippen LogP contribution < -0.4 is 0 Å². The first kappa shape index (κ1) is 17.7. The summed E-state index contributed by atoms with van der Waals surface area (Å²) in [4.78, 5) is 14.7. The van der Waals surface area contributed by atoms with Gasteiger partial charge < -0.3 is 14.2 Å². The van der Waals surface area contributed by atoms with E-state index in [-0.39, 0.29) is 46.9 Å². The zero-order chi connectivity index (χ0) is 19.8.